The third-order valence-corrected chi connectivity index (χ3v) is 4.33. The van der Waals surface area contributed by atoms with Crippen LogP contribution in [-0.4, -0.2) is 24.5 Å². The van der Waals surface area contributed by atoms with Gasteiger partial charge in [-0.05, 0) is 48.7 Å². The van der Waals surface area contributed by atoms with Crippen LogP contribution < -0.4 is 10.1 Å². The van der Waals surface area contributed by atoms with Crippen LogP contribution in [0.1, 0.15) is 16.8 Å². The first-order valence-electron chi connectivity index (χ1n) is 8.24. The molecule has 130 valence electrons. The number of halogens is 1. The molecule has 1 heterocycles. The molecular weight excluding hydrogens is 319 g/mol. The Balaban J connectivity index is 1.63. The predicted molar refractivity (Wildman–Crippen MR) is 96.4 cm³/mol. The number of carbonyl (C=O) groups is 1. The Labute approximate surface area is 146 Å². The van der Waals surface area contributed by atoms with Gasteiger partial charge in [0.1, 0.15) is 11.6 Å². The highest BCUT2D eigenvalue weighted by molar-refractivity contribution is 5.90. The molecular formula is C20H21FN2O2. The highest BCUT2D eigenvalue weighted by atomic mass is 19.1. The van der Waals surface area contributed by atoms with E-state index in [1.807, 2.05) is 31.2 Å². The molecule has 3 rings (SSSR count). The van der Waals surface area contributed by atoms with Gasteiger partial charge in [0.25, 0.3) is 0 Å². The van der Waals surface area contributed by atoms with Crippen LogP contribution in [0.15, 0.2) is 42.5 Å². The monoisotopic (exact) mass is 340 g/mol. The van der Waals surface area contributed by atoms with Gasteiger partial charge in [0.2, 0.25) is 5.91 Å². The zero-order valence-electron chi connectivity index (χ0n) is 14.4. The van der Waals surface area contributed by atoms with E-state index in [2.05, 4.69) is 10.3 Å². The van der Waals surface area contributed by atoms with Gasteiger partial charge in [-0.2, -0.15) is 0 Å². The number of nitrogens with one attached hydrogen (secondary N) is 2. The Morgan fingerprint density at radius 1 is 1.24 bits per heavy atom. The number of methoxy groups -OCH3 is 1. The van der Waals surface area contributed by atoms with E-state index in [1.54, 1.807) is 13.2 Å². The van der Waals surface area contributed by atoms with Crippen LogP contribution in [-0.2, 0) is 17.6 Å². The summed E-state index contributed by atoms with van der Waals surface area (Å²) >= 11 is 0. The van der Waals surface area contributed by atoms with E-state index in [-0.39, 0.29) is 18.1 Å². The van der Waals surface area contributed by atoms with E-state index in [0.717, 1.165) is 33.5 Å². The zero-order chi connectivity index (χ0) is 17.8. The van der Waals surface area contributed by atoms with Crippen molar-refractivity contribution in [3.8, 4) is 5.75 Å². The van der Waals surface area contributed by atoms with E-state index in [9.17, 15) is 9.18 Å². The molecule has 0 fully saturated rings. The van der Waals surface area contributed by atoms with Gasteiger partial charge < -0.3 is 15.0 Å². The van der Waals surface area contributed by atoms with Crippen LogP contribution in [0.4, 0.5) is 4.39 Å². The quantitative estimate of drug-likeness (QED) is 0.721. The van der Waals surface area contributed by atoms with E-state index in [1.165, 1.54) is 12.1 Å². The number of carbonyl (C=O) groups excluding carboxylic acids is 1. The number of amides is 1. The number of fused-ring (bicyclic) bond motifs is 1. The summed E-state index contributed by atoms with van der Waals surface area (Å²) in [5, 5.41) is 3.69. The largest absolute Gasteiger partial charge is 0.496 e. The lowest BCUT2D eigenvalue weighted by molar-refractivity contribution is -0.120. The van der Waals surface area contributed by atoms with Crippen molar-refractivity contribution < 1.29 is 13.9 Å². The average molecular weight is 340 g/mol. The SMILES string of the molecule is COc1ccccc1CCNC(=O)Cc1c(C)[nH]c2ccc(F)cc12. The molecule has 0 atom stereocenters. The van der Waals surface area contributed by atoms with Crippen molar-refractivity contribution in [1.29, 1.82) is 0 Å². The van der Waals surface area contributed by atoms with E-state index >= 15 is 0 Å². The number of rotatable bonds is 6. The Morgan fingerprint density at radius 2 is 2.04 bits per heavy atom. The van der Waals surface area contributed by atoms with Crippen LogP contribution in [0.2, 0.25) is 0 Å². The fourth-order valence-electron chi connectivity index (χ4n) is 3.05. The lowest BCUT2D eigenvalue weighted by Gasteiger charge is -2.09. The molecule has 0 saturated heterocycles. The number of aromatic amines is 1. The molecule has 5 heteroatoms. The van der Waals surface area contributed by atoms with Crippen molar-refractivity contribution in [3.05, 3.63) is 65.1 Å². The average Bonchev–Trinajstić information content (AvgIpc) is 2.90. The smallest absolute Gasteiger partial charge is 0.224 e. The first-order chi connectivity index (χ1) is 12.1. The van der Waals surface area contributed by atoms with Gasteiger partial charge in [0.05, 0.1) is 13.5 Å². The molecule has 4 nitrogen and oxygen atoms in total. The summed E-state index contributed by atoms with van der Waals surface area (Å²) in [6.45, 7) is 2.42. The lowest BCUT2D eigenvalue weighted by Crippen LogP contribution is -2.27. The van der Waals surface area contributed by atoms with Crippen LogP contribution in [0.5, 0.6) is 5.75 Å². The van der Waals surface area contributed by atoms with Crippen LogP contribution in [0.3, 0.4) is 0 Å². The highest BCUT2D eigenvalue weighted by Gasteiger charge is 2.13. The molecule has 0 aliphatic heterocycles. The van der Waals surface area contributed by atoms with Gasteiger partial charge in [-0.15, -0.1) is 0 Å². The zero-order valence-corrected chi connectivity index (χ0v) is 14.4. The van der Waals surface area contributed by atoms with Crippen molar-refractivity contribution >= 4 is 16.8 Å². The maximum Gasteiger partial charge on any atom is 0.224 e. The molecule has 0 saturated carbocycles. The standard InChI is InChI=1S/C20H21FN2O2/c1-13-16(17-11-15(21)7-8-18(17)23-13)12-20(24)22-10-9-14-5-3-4-6-19(14)25-2/h3-8,11,23H,9-10,12H2,1-2H3,(H,22,24). The third kappa shape index (κ3) is 3.82. The van der Waals surface area contributed by atoms with Crippen molar-refractivity contribution in [2.45, 2.75) is 19.8 Å². The summed E-state index contributed by atoms with van der Waals surface area (Å²) in [6, 6.07) is 12.3. The van der Waals surface area contributed by atoms with E-state index in [0.29, 0.717) is 13.0 Å². The van der Waals surface area contributed by atoms with Crippen molar-refractivity contribution in [2.24, 2.45) is 0 Å². The minimum atomic E-state index is -0.302. The van der Waals surface area contributed by atoms with Gasteiger partial charge >= 0.3 is 0 Å². The number of aromatic nitrogens is 1. The van der Waals surface area contributed by atoms with Gasteiger partial charge in [0.15, 0.2) is 0 Å². The molecule has 0 aliphatic carbocycles. The number of ether oxygens (including phenoxy) is 1. The molecule has 25 heavy (non-hydrogen) atoms. The third-order valence-electron chi connectivity index (χ3n) is 4.33. The topological polar surface area (TPSA) is 54.1 Å². The molecule has 0 bridgehead atoms. The minimum absolute atomic E-state index is 0.0804. The second kappa shape index (κ2) is 7.38. The summed E-state index contributed by atoms with van der Waals surface area (Å²) < 4.78 is 18.8. The number of hydrogen-bond donors (Lipinski definition) is 2. The summed E-state index contributed by atoms with van der Waals surface area (Å²) in [5.41, 5.74) is 3.62. The maximum atomic E-state index is 13.5. The van der Waals surface area contributed by atoms with Crippen LogP contribution in [0.25, 0.3) is 10.9 Å². The molecule has 0 spiro atoms. The molecule has 1 amide bonds. The predicted octanol–water partition coefficient (Wildman–Crippen LogP) is 3.53. The van der Waals surface area contributed by atoms with Crippen molar-refractivity contribution in [1.82, 2.24) is 10.3 Å². The molecule has 2 N–H and O–H groups in total. The Hall–Kier alpha value is -2.82. The molecule has 3 aromatic rings. The number of para-hydroxylation sites is 1. The van der Waals surface area contributed by atoms with Gasteiger partial charge in [0, 0.05) is 23.1 Å². The van der Waals surface area contributed by atoms with Crippen molar-refractivity contribution in [2.75, 3.05) is 13.7 Å². The van der Waals surface area contributed by atoms with Gasteiger partial charge in [-0.25, -0.2) is 4.39 Å². The second-order valence-corrected chi connectivity index (χ2v) is 6.01. The number of hydrogen-bond acceptors (Lipinski definition) is 2. The summed E-state index contributed by atoms with van der Waals surface area (Å²) in [4.78, 5) is 15.5. The first-order valence-corrected chi connectivity index (χ1v) is 8.24. The van der Waals surface area contributed by atoms with Crippen LogP contribution in [0, 0.1) is 12.7 Å². The summed E-state index contributed by atoms with van der Waals surface area (Å²) in [6.07, 6.45) is 0.915. The summed E-state index contributed by atoms with van der Waals surface area (Å²) in [5.74, 6) is 0.437. The molecule has 0 aliphatic rings. The molecule has 0 unspecified atom stereocenters. The molecule has 1 aromatic heterocycles. The maximum absolute atomic E-state index is 13.5. The molecule has 0 radical (unpaired) electrons. The number of H-pyrrole nitrogens is 1. The minimum Gasteiger partial charge on any atom is -0.496 e. The normalized spacial score (nSPS) is 10.8. The van der Waals surface area contributed by atoms with Gasteiger partial charge in [-0.3, -0.25) is 4.79 Å². The Morgan fingerprint density at radius 3 is 2.84 bits per heavy atom. The first kappa shape index (κ1) is 17.0. The number of benzene rings is 2. The highest BCUT2D eigenvalue weighted by Crippen LogP contribution is 2.23. The van der Waals surface area contributed by atoms with Gasteiger partial charge in [-0.1, -0.05) is 18.2 Å². The lowest BCUT2D eigenvalue weighted by atomic mass is 10.1. The molecule has 2 aromatic carbocycles. The van der Waals surface area contributed by atoms with Crippen molar-refractivity contribution in [3.63, 3.8) is 0 Å². The fraction of sp³-hybridized carbons (Fsp3) is 0.250. The Bertz CT molecular complexity index is 902. The van der Waals surface area contributed by atoms with E-state index in [4.69, 9.17) is 4.74 Å². The summed E-state index contributed by atoms with van der Waals surface area (Å²) in [7, 11) is 1.64. The number of aryl methyl sites for hydroxylation is 1. The Kier molecular flexibility index (Phi) is 5.03. The van der Waals surface area contributed by atoms with E-state index < -0.39 is 0 Å². The van der Waals surface area contributed by atoms with Crippen LogP contribution >= 0.6 is 0 Å². The fourth-order valence-corrected chi connectivity index (χ4v) is 3.05. The second-order valence-electron chi connectivity index (χ2n) is 6.01.